The van der Waals surface area contributed by atoms with Gasteiger partial charge in [-0.15, -0.1) is 0 Å². The second-order valence-corrected chi connectivity index (χ2v) is 9.19. The van der Waals surface area contributed by atoms with Gasteiger partial charge in [-0.2, -0.15) is 0 Å². The number of ether oxygens (including phenoxy) is 1. The van der Waals surface area contributed by atoms with Crippen LogP contribution in [0.3, 0.4) is 0 Å². The zero-order chi connectivity index (χ0) is 26.8. The first kappa shape index (κ1) is 28.3. The molecule has 1 heterocycles. The monoisotopic (exact) mass is 512 g/mol. The predicted molar refractivity (Wildman–Crippen MR) is 139 cm³/mol. The number of nitrogens with two attached hydrogens (primary N) is 2. The maximum atomic E-state index is 13.1. The van der Waals surface area contributed by atoms with E-state index >= 15 is 0 Å². The van der Waals surface area contributed by atoms with Crippen LogP contribution in [0.1, 0.15) is 17.7 Å². The highest BCUT2D eigenvalue weighted by molar-refractivity contribution is 5.88. The van der Waals surface area contributed by atoms with Crippen molar-refractivity contribution in [2.24, 2.45) is 23.3 Å². The number of para-hydroxylation sites is 1. The summed E-state index contributed by atoms with van der Waals surface area (Å²) >= 11 is 0. The summed E-state index contributed by atoms with van der Waals surface area (Å²) in [6, 6.07) is 16.5. The van der Waals surface area contributed by atoms with Crippen LogP contribution in [0.15, 0.2) is 60.7 Å². The SMILES string of the molecule is NCC(C[C@H](CO)[C@@H](N)C(=O)N[C@@H](Cc1cc2ccccc2[nH]1)C(=O)OCc1ccccc1)[C@@H](O)CO. The van der Waals surface area contributed by atoms with Gasteiger partial charge in [0, 0.05) is 30.2 Å². The van der Waals surface area contributed by atoms with E-state index in [-0.39, 0.29) is 26.0 Å². The Morgan fingerprint density at radius 3 is 2.35 bits per heavy atom. The van der Waals surface area contributed by atoms with Crippen LogP contribution in [0.25, 0.3) is 10.9 Å². The number of nitrogens with one attached hydrogen (secondary N) is 2. The maximum absolute atomic E-state index is 13.1. The van der Waals surface area contributed by atoms with E-state index in [0.717, 1.165) is 22.2 Å². The third-order valence-electron chi connectivity index (χ3n) is 6.52. The minimum atomic E-state index is -1.18. The van der Waals surface area contributed by atoms with Crippen LogP contribution in [0.5, 0.6) is 0 Å². The van der Waals surface area contributed by atoms with Gasteiger partial charge in [0.1, 0.15) is 12.6 Å². The molecule has 1 aromatic heterocycles. The van der Waals surface area contributed by atoms with Crippen molar-refractivity contribution in [2.75, 3.05) is 19.8 Å². The molecule has 9 N–H and O–H groups in total. The number of hydrogen-bond acceptors (Lipinski definition) is 8. The fraction of sp³-hybridized carbons (Fsp3) is 0.407. The average molecular weight is 513 g/mol. The molecular formula is C27H36N4O6. The second kappa shape index (κ2) is 13.9. The Labute approximate surface area is 215 Å². The van der Waals surface area contributed by atoms with E-state index in [1.54, 1.807) is 0 Å². The van der Waals surface area contributed by atoms with Crippen LogP contribution in [0.4, 0.5) is 0 Å². The molecule has 1 unspecified atom stereocenters. The third kappa shape index (κ3) is 7.85. The molecule has 3 aromatic rings. The van der Waals surface area contributed by atoms with Crippen LogP contribution in [0, 0.1) is 11.8 Å². The molecule has 0 saturated carbocycles. The minimum Gasteiger partial charge on any atom is -0.459 e. The van der Waals surface area contributed by atoms with Crippen molar-refractivity contribution in [3.8, 4) is 0 Å². The number of hydrogen-bond donors (Lipinski definition) is 7. The predicted octanol–water partition coefficient (Wildman–Crippen LogP) is 0.193. The molecule has 2 aromatic carbocycles. The van der Waals surface area contributed by atoms with Gasteiger partial charge in [0.15, 0.2) is 0 Å². The zero-order valence-electron chi connectivity index (χ0n) is 20.6. The Kier molecular flexibility index (Phi) is 10.6. The van der Waals surface area contributed by atoms with Crippen LogP contribution in [0.2, 0.25) is 0 Å². The number of esters is 1. The van der Waals surface area contributed by atoms with Gasteiger partial charge in [0.05, 0.1) is 18.8 Å². The molecule has 0 aliphatic rings. The molecule has 5 atom stereocenters. The van der Waals surface area contributed by atoms with Crippen LogP contribution in [-0.2, 0) is 27.4 Å². The van der Waals surface area contributed by atoms with Crippen molar-refractivity contribution in [3.63, 3.8) is 0 Å². The molecule has 0 saturated heterocycles. The van der Waals surface area contributed by atoms with Crippen molar-refractivity contribution >= 4 is 22.8 Å². The quantitative estimate of drug-likeness (QED) is 0.149. The fourth-order valence-corrected chi connectivity index (χ4v) is 4.25. The second-order valence-electron chi connectivity index (χ2n) is 9.19. The van der Waals surface area contributed by atoms with E-state index in [1.165, 1.54) is 0 Å². The standard InChI is InChI=1S/C27H36N4O6/c28-13-19(24(34)15-33)10-20(14-32)25(29)26(35)31-23(27(36)37-16-17-6-2-1-3-7-17)12-21-11-18-8-4-5-9-22(18)30-21/h1-9,11,19-20,23-25,30,32-34H,10,12-16,28-29H2,(H,31,35)/t19?,20-,23+,24+,25-/m1/s1. The van der Waals surface area contributed by atoms with Crippen molar-refractivity contribution in [1.29, 1.82) is 0 Å². The highest BCUT2D eigenvalue weighted by Gasteiger charge is 2.32. The Bertz CT molecular complexity index is 1110. The van der Waals surface area contributed by atoms with E-state index in [1.807, 2.05) is 60.7 Å². The van der Waals surface area contributed by atoms with Crippen molar-refractivity contribution in [1.82, 2.24) is 10.3 Å². The lowest BCUT2D eigenvalue weighted by molar-refractivity contribution is -0.149. The molecular weight excluding hydrogens is 476 g/mol. The molecule has 0 fully saturated rings. The van der Waals surface area contributed by atoms with E-state index < -0.39 is 55.1 Å². The highest BCUT2D eigenvalue weighted by atomic mass is 16.5. The Morgan fingerprint density at radius 2 is 1.70 bits per heavy atom. The summed E-state index contributed by atoms with van der Waals surface area (Å²) in [4.78, 5) is 29.4. The Hall–Kier alpha value is -3.28. The van der Waals surface area contributed by atoms with Gasteiger partial charge in [-0.25, -0.2) is 4.79 Å². The lowest BCUT2D eigenvalue weighted by atomic mass is 9.86. The molecule has 0 bridgehead atoms. The summed E-state index contributed by atoms with van der Waals surface area (Å²) < 4.78 is 5.50. The summed E-state index contributed by atoms with van der Waals surface area (Å²) in [5.74, 6) is -2.58. The zero-order valence-corrected chi connectivity index (χ0v) is 20.6. The van der Waals surface area contributed by atoms with Gasteiger partial charge in [0.2, 0.25) is 5.91 Å². The largest absolute Gasteiger partial charge is 0.459 e. The van der Waals surface area contributed by atoms with Gasteiger partial charge in [-0.3, -0.25) is 4.79 Å². The lowest BCUT2D eigenvalue weighted by Crippen LogP contribution is -2.53. The number of aromatic amines is 1. The first-order valence-electron chi connectivity index (χ1n) is 12.3. The van der Waals surface area contributed by atoms with Gasteiger partial charge >= 0.3 is 5.97 Å². The summed E-state index contributed by atoms with van der Waals surface area (Å²) in [6.07, 6.45) is -0.842. The number of amides is 1. The molecule has 200 valence electrons. The highest BCUT2D eigenvalue weighted by Crippen LogP contribution is 2.19. The summed E-state index contributed by atoms with van der Waals surface area (Å²) in [5, 5.41) is 32.7. The molecule has 10 nitrogen and oxygen atoms in total. The van der Waals surface area contributed by atoms with Crippen molar-refractivity contribution in [3.05, 3.63) is 71.9 Å². The number of aromatic nitrogens is 1. The maximum Gasteiger partial charge on any atom is 0.329 e. The lowest BCUT2D eigenvalue weighted by Gasteiger charge is -2.28. The van der Waals surface area contributed by atoms with Crippen LogP contribution < -0.4 is 16.8 Å². The number of rotatable bonds is 14. The summed E-state index contributed by atoms with van der Waals surface area (Å²) in [6.45, 7) is -0.849. The average Bonchev–Trinajstić information content (AvgIpc) is 3.34. The number of fused-ring (bicyclic) bond motifs is 1. The normalized spacial score (nSPS) is 15.5. The number of benzene rings is 2. The molecule has 0 aliphatic carbocycles. The number of aliphatic hydroxyl groups is 3. The van der Waals surface area contributed by atoms with Gasteiger partial charge in [0.25, 0.3) is 0 Å². The number of carbonyl (C=O) groups excluding carboxylic acids is 2. The summed E-state index contributed by atoms with van der Waals surface area (Å²) in [7, 11) is 0. The number of carbonyl (C=O) groups is 2. The smallest absolute Gasteiger partial charge is 0.329 e. The van der Waals surface area contributed by atoms with Crippen LogP contribution in [-0.4, -0.2) is 70.1 Å². The van der Waals surface area contributed by atoms with E-state index in [9.17, 15) is 24.9 Å². The summed E-state index contributed by atoms with van der Waals surface area (Å²) in [5.41, 5.74) is 14.3. The molecule has 1 amide bonds. The van der Waals surface area contributed by atoms with Gasteiger partial charge < -0.3 is 41.8 Å². The molecule has 37 heavy (non-hydrogen) atoms. The van der Waals surface area contributed by atoms with E-state index in [2.05, 4.69) is 10.3 Å². The van der Waals surface area contributed by atoms with E-state index in [4.69, 9.17) is 16.2 Å². The Morgan fingerprint density at radius 1 is 1.00 bits per heavy atom. The fourth-order valence-electron chi connectivity index (χ4n) is 4.25. The first-order valence-corrected chi connectivity index (χ1v) is 12.3. The molecule has 0 aliphatic heterocycles. The minimum absolute atomic E-state index is 0.0429. The van der Waals surface area contributed by atoms with Crippen molar-refractivity contribution < 1.29 is 29.6 Å². The van der Waals surface area contributed by atoms with E-state index in [0.29, 0.717) is 0 Å². The molecule has 0 radical (unpaired) electrons. The topological polar surface area (TPSA) is 184 Å². The van der Waals surface area contributed by atoms with Crippen LogP contribution >= 0.6 is 0 Å². The molecule has 10 heteroatoms. The number of H-pyrrole nitrogens is 1. The molecule has 0 spiro atoms. The third-order valence-corrected chi connectivity index (χ3v) is 6.52. The van der Waals surface area contributed by atoms with Gasteiger partial charge in [-0.05, 0) is 42.0 Å². The Balaban J connectivity index is 1.74. The van der Waals surface area contributed by atoms with Crippen molar-refractivity contribution in [2.45, 2.75) is 37.6 Å². The molecule has 3 rings (SSSR count). The van der Waals surface area contributed by atoms with Gasteiger partial charge in [-0.1, -0.05) is 48.5 Å². The first-order chi connectivity index (χ1) is 17.9. The number of aliphatic hydroxyl groups excluding tert-OH is 3.